The average Bonchev–Trinajstić information content (AvgIpc) is 3.20. The number of nitrogens with one attached hydrogen (secondary N) is 1. The molecule has 2 aromatic rings. The number of hydrogen-bond acceptors (Lipinski definition) is 3. The molecule has 2 fully saturated rings. The number of amides is 1. The van der Waals surface area contributed by atoms with Gasteiger partial charge in [0.1, 0.15) is 0 Å². The number of benzene rings is 2. The summed E-state index contributed by atoms with van der Waals surface area (Å²) in [7, 11) is -3.38. The molecule has 2 aliphatic rings. The largest absolute Gasteiger partial charge is 0.341 e. The van der Waals surface area contributed by atoms with Crippen LogP contribution in [-0.2, 0) is 21.2 Å². The first-order valence-electron chi connectivity index (χ1n) is 10.3. The third kappa shape index (κ3) is 4.39. The number of sulfonamides is 1. The summed E-state index contributed by atoms with van der Waals surface area (Å²) < 4.78 is 28.4. The van der Waals surface area contributed by atoms with Crippen LogP contribution >= 0.6 is 0 Å². The molecule has 1 aliphatic heterocycles. The van der Waals surface area contributed by atoms with Crippen molar-refractivity contribution >= 4 is 26.7 Å². The number of carbonyl (C=O) groups is 1. The van der Waals surface area contributed by atoms with E-state index in [4.69, 9.17) is 0 Å². The SMILES string of the molecule is O=C(Cc1ccc2ccccc2c1)N1CCCC(S(=O)(=O)NC2CCCC2)C1. The summed E-state index contributed by atoms with van der Waals surface area (Å²) in [6.07, 6.45) is 5.71. The van der Waals surface area contributed by atoms with Crippen LogP contribution in [0.4, 0.5) is 0 Å². The lowest BCUT2D eigenvalue weighted by Gasteiger charge is -2.33. The monoisotopic (exact) mass is 400 g/mol. The maximum Gasteiger partial charge on any atom is 0.227 e. The predicted octanol–water partition coefficient (Wildman–Crippen LogP) is 3.24. The van der Waals surface area contributed by atoms with Gasteiger partial charge in [0.25, 0.3) is 0 Å². The molecule has 1 atom stereocenters. The Bertz CT molecular complexity index is 951. The summed E-state index contributed by atoms with van der Waals surface area (Å²) in [5.74, 6) is 0.0102. The Morgan fingerprint density at radius 2 is 1.75 bits per heavy atom. The van der Waals surface area contributed by atoms with Crippen molar-refractivity contribution in [3.63, 3.8) is 0 Å². The van der Waals surface area contributed by atoms with Gasteiger partial charge in [0, 0.05) is 19.1 Å². The summed E-state index contributed by atoms with van der Waals surface area (Å²) in [6, 6.07) is 14.2. The van der Waals surface area contributed by atoms with Crippen LogP contribution in [0.1, 0.15) is 44.1 Å². The maximum absolute atomic E-state index is 12.8. The van der Waals surface area contributed by atoms with Crippen LogP contribution in [-0.4, -0.2) is 43.6 Å². The zero-order valence-electron chi connectivity index (χ0n) is 16.1. The van der Waals surface area contributed by atoms with Crippen molar-refractivity contribution in [2.24, 2.45) is 0 Å². The minimum absolute atomic E-state index is 0.0102. The second-order valence-corrected chi connectivity index (χ2v) is 10.1. The fourth-order valence-electron chi connectivity index (χ4n) is 4.43. The van der Waals surface area contributed by atoms with Gasteiger partial charge in [-0.05, 0) is 42.0 Å². The van der Waals surface area contributed by atoms with Gasteiger partial charge in [0.05, 0.1) is 11.7 Å². The first-order valence-corrected chi connectivity index (χ1v) is 11.8. The number of nitrogens with zero attached hydrogens (tertiary/aromatic N) is 1. The molecule has 0 spiro atoms. The third-order valence-electron chi connectivity index (χ3n) is 6.03. The zero-order chi connectivity index (χ0) is 19.6. The first-order chi connectivity index (χ1) is 13.5. The maximum atomic E-state index is 12.8. The molecule has 1 amide bonds. The van der Waals surface area contributed by atoms with Crippen molar-refractivity contribution in [3.8, 4) is 0 Å². The molecule has 1 saturated carbocycles. The van der Waals surface area contributed by atoms with E-state index in [2.05, 4.69) is 10.8 Å². The number of piperidine rings is 1. The second-order valence-electron chi connectivity index (χ2n) is 8.11. The van der Waals surface area contributed by atoms with Gasteiger partial charge in [-0.2, -0.15) is 0 Å². The lowest BCUT2D eigenvalue weighted by Crippen LogP contribution is -2.50. The zero-order valence-corrected chi connectivity index (χ0v) is 17.0. The highest BCUT2D eigenvalue weighted by Gasteiger charge is 2.34. The van der Waals surface area contributed by atoms with E-state index < -0.39 is 15.3 Å². The van der Waals surface area contributed by atoms with Gasteiger partial charge in [0.15, 0.2) is 0 Å². The summed E-state index contributed by atoms with van der Waals surface area (Å²) in [5.41, 5.74) is 0.970. The Balaban J connectivity index is 1.41. The number of likely N-dealkylation sites (tertiary alicyclic amines) is 1. The predicted molar refractivity (Wildman–Crippen MR) is 112 cm³/mol. The van der Waals surface area contributed by atoms with Crippen LogP contribution in [0.5, 0.6) is 0 Å². The summed E-state index contributed by atoms with van der Waals surface area (Å²) in [4.78, 5) is 14.6. The Kier molecular flexibility index (Phi) is 5.69. The minimum Gasteiger partial charge on any atom is -0.341 e. The van der Waals surface area contributed by atoms with Gasteiger partial charge >= 0.3 is 0 Å². The van der Waals surface area contributed by atoms with Crippen LogP contribution in [0.3, 0.4) is 0 Å². The van der Waals surface area contributed by atoms with E-state index >= 15 is 0 Å². The molecule has 5 nitrogen and oxygen atoms in total. The van der Waals surface area contributed by atoms with Gasteiger partial charge in [-0.1, -0.05) is 55.3 Å². The van der Waals surface area contributed by atoms with E-state index in [1.54, 1.807) is 4.90 Å². The van der Waals surface area contributed by atoms with E-state index in [0.29, 0.717) is 25.9 Å². The van der Waals surface area contributed by atoms with Crippen LogP contribution in [0.25, 0.3) is 10.8 Å². The Morgan fingerprint density at radius 3 is 2.54 bits per heavy atom. The molecule has 1 unspecified atom stereocenters. The van der Waals surface area contributed by atoms with E-state index in [1.807, 2.05) is 36.4 Å². The summed E-state index contributed by atoms with van der Waals surface area (Å²) >= 11 is 0. The molecular weight excluding hydrogens is 372 g/mol. The van der Waals surface area contributed by atoms with Gasteiger partial charge in [0.2, 0.25) is 15.9 Å². The fraction of sp³-hybridized carbons (Fsp3) is 0.500. The van der Waals surface area contributed by atoms with Gasteiger partial charge in [-0.25, -0.2) is 13.1 Å². The third-order valence-corrected chi connectivity index (χ3v) is 7.95. The van der Waals surface area contributed by atoms with Crippen LogP contribution in [0.2, 0.25) is 0 Å². The molecule has 6 heteroatoms. The molecular formula is C22H28N2O3S. The van der Waals surface area contributed by atoms with Crippen molar-refractivity contribution in [1.82, 2.24) is 9.62 Å². The Hall–Kier alpha value is -1.92. The summed E-state index contributed by atoms with van der Waals surface area (Å²) in [5, 5.41) is 1.77. The lowest BCUT2D eigenvalue weighted by atomic mass is 10.0. The lowest BCUT2D eigenvalue weighted by molar-refractivity contribution is -0.131. The van der Waals surface area contributed by atoms with E-state index in [9.17, 15) is 13.2 Å². The standard InChI is InChI=1S/C22H28N2O3S/c25-22(15-17-11-12-18-6-1-2-7-19(18)14-17)24-13-5-10-21(16-24)28(26,27)23-20-8-3-4-9-20/h1-2,6-7,11-12,14,20-21,23H,3-5,8-10,13,15-16H2. The Morgan fingerprint density at radius 1 is 1.00 bits per heavy atom. The van der Waals surface area contributed by atoms with Crippen molar-refractivity contribution < 1.29 is 13.2 Å². The highest BCUT2D eigenvalue weighted by atomic mass is 32.2. The topological polar surface area (TPSA) is 66.5 Å². The van der Waals surface area contributed by atoms with Crippen LogP contribution in [0.15, 0.2) is 42.5 Å². The molecule has 1 N–H and O–H groups in total. The van der Waals surface area contributed by atoms with E-state index in [1.165, 1.54) is 0 Å². The molecule has 1 aliphatic carbocycles. The van der Waals surface area contributed by atoms with Crippen molar-refractivity contribution in [2.45, 2.75) is 56.2 Å². The van der Waals surface area contributed by atoms with Crippen LogP contribution in [0, 0.1) is 0 Å². The Labute approximate surface area is 167 Å². The molecule has 4 rings (SSSR count). The second kappa shape index (κ2) is 8.21. The van der Waals surface area contributed by atoms with Gasteiger partial charge < -0.3 is 4.90 Å². The molecule has 2 aromatic carbocycles. The molecule has 0 bridgehead atoms. The van der Waals surface area contributed by atoms with Crippen molar-refractivity contribution in [2.75, 3.05) is 13.1 Å². The van der Waals surface area contributed by atoms with Crippen molar-refractivity contribution in [3.05, 3.63) is 48.0 Å². The highest BCUT2D eigenvalue weighted by molar-refractivity contribution is 7.90. The molecule has 1 heterocycles. The van der Waals surface area contributed by atoms with Gasteiger partial charge in [-0.15, -0.1) is 0 Å². The normalized spacial score (nSPS) is 21.3. The molecule has 0 aromatic heterocycles. The van der Waals surface area contributed by atoms with E-state index in [0.717, 1.165) is 48.4 Å². The quantitative estimate of drug-likeness (QED) is 0.838. The van der Waals surface area contributed by atoms with Gasteiger partial charge in [-0.3, -0.25) is 4.79 Å². The first kappa shape index (κ1) is 19.4. The number of hydrogen-bond donors (Lipinski definition) is 1. The molecule has 0 radical (unpaired) electrons. The van der Waals surface area contributed by atoms with Crippen LogP contribution < -0.4 is 4.72 Å². The number of carbonyl (C=O) groups excluding carboxylic acids is 1. The average molecular weight is 401 g/mol. The molecule has 1 saturated heterocycles. The minimum atomic E-state index is -3.38. The van der Waals surface area contributed by atoms with Crippen molar-refractivity contribution in [1.29, 1.82) is 0 Å². The molecule has 28 heavy (non-hydrogen) atoms. The summed E-state index contributed by atoms with van der Waals surface area (Å²) in [6.45, 7) is 0.941. The highest BCUT2D eigenvalue weighted by Crippen LogP contribution is 2.23. The van der Waals surface area contributed by atoms with E-state index in [-0.39, 0.29) is 11.9 Å². The smallest absolute Gasteiger partial charge is 0.227 e. The number of rotatable bonds is 5. The molecule has 150 valence electrons. The fourth-order valence-corrected chi connectivity index (χ4v) is 6.17. The number of fused-ring (bicyclic) bond motifs is 1.